The van der Waals surface area contributed by atoms with Crippen molar-refractivity contribution >= 4 is 0 Å². The van der Waals surface area contributed by atoms with Crippen LogP contribution in [0.25, 0.3) is 0 Å². The normalized spacial score (nSPS) is 36.8. The van der Waals surface area contributed by atoms with Crippen LogP contribution >= 0.6 is 0 Å². The second kappa shape index (κ2) is 3.11. The first-order valence-corrected chi connectivity index (χ1v) is 3.29. The van der Waals surface area contributed by atoms with Gasteiger partial charge in [-0.3, -0.25) is 0 Å². The fourth-order valence-electron chi connectivity index (χ4n) is 1.49. The molecule has 2 atom stereocenters. The molecule has 0 aromatic carbocycles. The Morgan fingerprint density at radius 1 is 1.00 bits per heavy atom. The quantitative estimate of drug-likeness (QED) is 0.454. The molecule has 1 fully saturated rings. The van der Waals surface area contributed by atoms with Crippen molar-refractivity contribution in [1.29, 1.82) is 0 Å². The molecule has 0 saturated heterocycles. The molecule has 0 aromatic heterocycles. The van der Waals surface area contributed by atoms with E-state index in [-0.39, 0.29) is 7.43 Å². The molecule has 0 aliphatic heterocycles. The van der Waals surface area contributed by atoms with E-state index in [9.17, 15) is 0 Å². The monoisotopic (exact) mass is 114 g/mol. The molecule has 1 aliphatic rings. The lowest BCUT2D eigenvalue weighted by Gasteiger charge is -1.96. The van der Waals surface area contributed by atoms with Gasteiger partial charge in [0.15, 0.2) is 0 Å². The summed E-state index contributed by atoms with van der Waals surface area (Å²) in [7, 11) is 0. The Kier molecular flexibility index (Phi) is 3.11. The SMILES string of the molecule is C.CC1CCC(C)C1. The maximum atomic E-state index is 2.35. The third-order valence-corrected chi connectivity index (χ3v) is 1.96. The maximum absolute atomic E-state index is 2.35. The summed E-state index contributed by atoms with van der Waals surface area (Å²) in [5, 5.41) is 0. The van der Waals surface area contributed by atoms with E-state index >= 15 is 0 Å². The summed E-state index contributed by atoms with van der Waals surface area (Å²) in [4.78, 5) is 0. The van der Waals surface area contributed by atoms with Crippen molar-refractivity contribution in [2.75, 3.05) is 0 Å². The Morgan fingerprint density at radius 3 is 1.50 bits per heavy atom. The standard InChI is InChI=1S/C7H14.CH4/c1-6-3-4-7(2)5-6;/h6-7H,3-5H2,1-2H3;1H4. The van der Waals surface area contributed by atoms with Crippen LogP contribution in [0.3, 0.4) is 0 Å². The topological polar surface area (TPSA) is 0 Å². The summed E-state index contributed by atoms with van der Waals surface area (Å²) in [5.74, 6) is 2.05. The van der Waals surface area contributed by atoms with E-state index in [1.165, 1.54) is 19.3 Å². The van der Waals surface area contributed by atoms with Crippen LogP contribution in [0.1, 0.15) is 40.5 Å². The van der Waals surface area contributed by atoms with Gasteiger partial charge in [0, 0.05) is 0 Å². The third-order valence-electron chi connectivity index (χ3n) is 1.96. The molecular formula is C8H18. The second-order valence-corrected chi connectivity index (χ2v) is 3.02. The molecule has 1 saturated carbocycles. The van der Waals surface area contributed by atoms with Gasteiger partial charge in [0.05, 0.1) is 0 Å². The maximum Gasteiger partial charge on any atom is -0.0440 e. The van der Waals surface area contributed by atoms with Crippen molar-refractivity contribution in [3.05, 3.63) is 0 Å². The van der Waals surface area contributed by atoms with Crippen molar-refractivity contribution < 1.29 is 0 Å². The van der Waals surface area contributed by atoms with E-state index < -0.39 is 0 Å². The molecular weight excluding hydrogens is 96.1 g/mol. The molecule has 0 amide bonds. The minimum Gasteiger partial charge on any atom is -0.0776 e. The first-order valence-electron chi connectivity index (χ1n) is 3.29. The zero-order valence-electron chi connectivity index (χ0n) is 5.28. The Bertz CT molecular complexity index is 49.1. The molecule has 1 aliphatic carbocycles. The predicted octanol–water partition coefficient (Wildman–Crippen LogP) is 3.08. The number of rotatable bonds is 0. The lowest BCUT2D eigenvalue weighted by atomic mass is 10.1. The fraction of sp³-hybridized carbons (Fsp3) is 1.00. The highest BCUT2D eigenvalue weighted by molar-refractivity contribution is 4.68. The summed E-state index contributed by atoms with van der Waals surface area (Å²) in [6.45, 7) is 4.70. The molecule has 0 nitrogen and oxygen atoms in total. The summed E-state index contributed by atoms with van der Waals surface area (Å²) < 4.78 is 0. The van der Waals surface area contributed by atoms with E-state index in [2.05, 4.69) is 13.8 Å². The van der Waals surface area contributed by atoms with Crippen molar-refractivity contribution in [1.82, 2.24) is 0 Å². The first-order chi connectivity index (χ1) is 3.29. The van der Waals surface area contributed by atoms with Gasteiger partial charge in [-0.2, -0.15) is 0 Å². The van der Waals surface area contributed by atoms with Gasteiger partial charge in [0.1, 0.15) is 0 Å². The smallest absolute Gasteiger partial charge is 0.0440 e. The number of hydrogen-bond donors (Lipinski definition) is 0. The van der Waals surface area contributed by atoms with Crippen molar-refractivity contribution in [2.45, 2.75) is 40.5 Å². The zero-order valence-corrected chi connectivity index (χ0v) is 5.28. The van der Waals surface area contributed by atoms with Gasteiger partial charge in [-0.1, -0.05) is 34.1 Å². The Balaban J connectivity index is 0.000000490. The summed E-state index contributed by atoms with van der Waals surface area (Å²) in [5.41, 5.74) is 0. The highest BCUT2D eigenvalue weighted by Crippen LogP contribution is 2.29. The van der Waals surface area contributed by atoms with E-state index in [1.54, 1.807) is 0 Å². The van der Waals surface area contributed by atoms with Crippen LogP contribution in [-0.4, -0.2) is 0 Å². The molecule has 0 N–H and O–H groups in total. The molecule has 0 spiro atoms. The summed E-state index contributed by atoms with van der Waals surface area (Å²) in [6, 6.07) is 0. The van der Waals surface area contributed by atoms with Gasteiger partial charge in [0.25, 0.3) is 0 Å². The van der Waals surface area contributed by atoms with Crippen LogP contribution in [0, 0.1) is 11.8 Å². The predicted molar refractivity (Wildman–Crippen MR) is 38.9 cm³/mol. The molecule has 0 radical (unpaired) electrons. The molecule has 0 aromatic rings. The summed E-state index contributed by atoms with van der Waals surface area (Å²) >= 11 is 0. The average Bonchev–Trinajstić information content (AvgIpc) is 1.87. The van der Waals surface area contributed by atoms with Crippen LogP contribution in [0.4, 0.5) is 0 Å². The van der Waals surface area contributed by atoms with Crippen molar-refractivity contribution in [2.24, 2.45) is 11.8 Å². The van der Waals surface area contributed by atoms with Crippen molar-refractivity contribution in [3.8, 4) is 0 Å². The molecule has 8 heavy (non-hydrogen) atoms. The molecule has 1 rings (SSSR count). The minimum atomic E-state index is 0. The van der Waals surface area contributed by atoms with E-state index in [0.29, 0.717) is 0 Å². The van der Waals surface area contributed by atoms with Crippen LogP contribution in [-0.2, 0) is 0 Å². The molecule has 0 heteroatoms. The van der Waals surface area contributed by atoms with Gasteiger partial charge in [-0.25, -0.2) is 0 Å². The van der Waals surface area contributed by atoms with Gasteiger partial charge >= 0.3 is 0 Å². The van der Waals surface area contributed by atoms with Gasteiger partial charge in [-0.05, 0) is 18.3 Å². The highest BCUT2D eigenvalue weighted by Gasteiger charge is 2.15. The summed E-state index contributed by atoms with van der Waals surface area (Å²) in [6.07, 6.45) is 4.42. The molecule has 2 unspecified atom stereocenters. The molecule has 0 bridgehead atoms. The second-order valence-electron chi connectivity index (χ2n) is 3.02. The zero-order chi connectivity index (χ0) is 5.28. The van der Waals surface area contributed by atoms with Crippen LogP contribution in [0.15, 0.2) is 0 Å². The molecule has 50 valence electrons. The lowest BCUT2D eigenvalue weighted by molar-refractivity contribution is 0.555. The Morgan fingerprint density at radius 2 is 1.38 bits per heavy atom. The van der Waals surface area contributed by atoms with Crippen LogP contribution < -0.4 is 0 Å². The third kappa shape index (κ3) is 1.85. The van der Waals surface area contributed by atoms with E-state index in [1.807, 2.05) is 0 Å². The van der Waals surface area contributed by atoms with E-state index in [0.717, 1.165) is 11.8 Å². The Hall–Kier alpha value is 0. The number of hydrogen-bond acceptors (Lipinski definition) is 0. The van der Waals surface area contributed by atoms with Gasteiger partial charge in [-0.15, -0.1) is 0 Å². The van der Waals surface area contributed by atoms with Crippen LogP contribution in [0.2, 0.25) is 0 Å². The Labute approximate surface area is 53.3 Å². The lowest BCUT2D eigenvalue weighted by Crippen LogP contribution is -1.84. The largest absolute Gasteiger partial charge is 0.0776 e. The van der Waals surface area contributed by atoms with E-state index in [4.69, 9.17) is 0 Å². The van der Waals surface area contributed by atoms with Crippen molar-refractivity contribution in [3.63, 3.8) is 0 Å². The fourth-order valence-corrected chi connectivity index (χ4v) is 1.49. The minimum absolute atomic E-state index is 0. The molecule has 0 heterocycles. The van der Waals surface area contributed by atoms with Crippen LogP contribution in [0.5, 0.6) is 0 Å². The van der Waals surface area contributed by atoms with Gasteiger partial charge < -0.3 is 0 Å². The highest BCUT2D eigenvalue weighted by atomic mass is 14.2. The van der Waals surface area contributed by atoms with Gasteiger partial charge in [0.2, 0.25) is 0 Å². The first kappa shape index (κ1) is 8.00. The average molecular weight is 114 g/mol.